The predicted molar refractivity (Wildman–Crippen MR) is 92.5 cm³/mol. The summed E-state index contributed by atoms with van der Waals surface area (Å²) in [7, 11) is 1.33. The second-order valence-corrected chi connectivity index (χ2v) is 5.35. The molecule has 0 aliphatic carbocycles. The molecular weight excluding hydrogens is 326 g/mol. The molecule has 120 valence electrons. The molecule has 5 heteroatoms. The van der Waals surface area contributed by atoms with Crippen molar-refractivity contribution < 1.29 is 14.3 Å². The molecule has 2 aromatic carbocycles. The first kappa shape index (κ1) is 16.0. The summed E-state index contributed by atoms with van der Waals surface area (Å²) in [6.07, 6.45) is 0. The monoisotopic (exact) mass is 339 g/mol. The standard InChI is InChI=1S/C19H14ClNO3/c1-23-19(22)16-11-12-17(20)21-18(16)13-7-9-15(10-8-13)24-14-5-3-2-4-6-14/h2-12H,1H3. The third-order valence-electron chi connectivity index (χ3n) is 3.37. The largest absolute Gasteiger partial charge is 0.465 e. The number of aromatic nitrogens is 1. The van der Waals surface area contributed by atoms with E-state index in [1.807, 2.05) is 54.6 Å². The topological polar surface area (TPSA) is 48.4 Å². The van der Waals surface area contributed by atoms with E-state index in [0.29, 0.717) is 22.2 Å². The number of carbonyl (C=O) groups is 1. The van der Waals surface area contributed by atoms with Crippen LogP contribution >= 0.6 is 11.6 Å². The van der Waals surface area contributed by atoms with Gasteiger partial charge in [0, 0.05) is 5.56 Å². The molecule has 0 radical (unpaired) electrons. The van der Waals surface area contributed by atoms with Crippen LogP contribution < -0.4 is 4.74 Å². The van der Waals surface area contributed by atoms with Gasteiger partial charge in [0.2, 0.25) is 0 Å². The molecule has 0 amide bonds. The van der Waals surface area contributed by atoms with E-state index >= 15 is 0 Å². The fourth-order valence-corrected chi connectivity index (χ4v) is 2.38. The van der Waals surface area contributed by atoms with Crippen LogP contribution in [0.2, 0.25) is 5.15 Å². The average Bonchev–Trinajstić information content (AvgIpc) is 2.62. The lowest BCUT2D eigenvalue weighted by Crippen LogP contribution is -2.05. The van der Waals surface area contributed by atoms with E-state index in [1.54, 1.807) is 12.1 Å². The number of carbonyl (C=O) groups excluding carboxylic acids is 1. The summed E-state index contributed by atoms with van der Waals surface area (Å²) in [4.78, 5) is 16.1. The number of rotatable bonds is 4. The van der Waals surface area contributed by atoms with Crippen LogP contribution in [-0.4, -0.2) is 18.1 Å². The van der Waals surface area contributed by atoms with E-state index in [1.165, 1.54) is 7.11 Å². The van der Waals surface area contributed by atoms with Gasteiger partial charge in [0.1, 0.15) is 16.7 Å². The Morgan fingerprint density at radius 2 is 1.58 bits per heavy atom. The Morgan fingerprint density at radius 3 is 2.25 bits per heavy atom. The Kier molecular flexibility index (Phi) is 4.77. The molecule has 24 heavy (non-hydrogen) atoms. The van der Waals surface area contributed by atoms with Crippen LogP contribution in [0.25, 0.3) is 11.3 Å². The predicted octanol–water partition coefficient (Wildman–Crippen LogP) is 4.98. The van der Waals surface area contributed by atoms with Crippen molar-refractivity contribution in [3.63, 3.8) is 0 Å². The van der Waals surface area contributed by atoms with Crippen molar-refractivity contribution in [3.8, 4) is 22.8 Å². The zero-order chi connectivity index (χ0) is 16.9. The van der Waals surface area contributed by atoms with Gasteiger partial charge in [0.15, 0.2) is 0 Å². The van der Waals surface area contributed by atoms with Crippen molar-refractivity contribution in [2.75, 3.05) is 7.11 Å². The third-order valence-corrected chi connectivity index (χ3v) is 3.58. The van der Waals surface area contributed by atoms with Crippen LogP contribution in [0.15, 0.2) is 66.7 Å². The van der Waals surface area contributed by atoms with Crippen LogP contribution in [0.3, 0.4) is 0 Å². The number of esters is 1. The number of halogens is 1. The molecule has 0 saturated carbocycles. The van der Waals surface area contributed by atoms with Gasteiger partial charge >= 0.3 is 5.97 Å². The van der Waals surface area contributed by atoms with E-state index < -0.39 is 5.97 Å². The second-order valence-electron chi connectivity index (χ2n) is 4.96. The molecule has 0 atom stereocenters. The highest BCUT2D eigenvalue weighted by Crippen LogP contribution is 2.28. The van der Waals surface area contributed by atoms with Crippen LogP contribution in [0.5, 0.6) is 11.5 Å². The van der Waals surface area contributed by atoms with Crippen LogP contribution in [0, 0.1) is 0 Å². The number of hydrogen-bond donors (Lipinski definition) is 0. The molecule has 0 bridgehead atoms. The highest BCUT2D eigenvalue weighted by Gasteiger charge is 2.15. The SMILES string of the molecule is COC(=O)c1ccc(Cl)nc1-c1ccc(Oc2ccccc2)cc1. The van der Waals surface area contributed by atoms with Crippen molar-refractivity contribution in [3.05, 3.63) is 77.4 Å². The highest BCUT2D eigenvalue weighted by atomic mass is 35.5. The summed E-state index contributed by atoms with van der Waals surface area (Å²) in [6, 6.07) is 19.9. The maximum Gasteiger partial charge on any atom is 0.340 e. The fourth-order valence-electron chi connectivity index (χ4n) is 2.24. The third kappa shape index (κ3) is 3.55. The van der Waals surface area contributed by atoms with Crippen LogP contribution in [-0.2, 0) is 4.74 Å². The van der Waals surface area contributed by atoms with E-state index in [4.69, 9.17) is 21.1 Å². The number of ether oxygens (including phenoxy) is 2. The van der Waals surface area contributed by atoms with Crippen molar-refractivity contribution in [1.82, 2.24) is 4.98 Å². The molecule has 0 unspecified atom stereocenters. The van der Waals surface area contributed by atoms with Gasteiger partial charge in [-0.15, -0.1) is 0 Å². The van der Waals surface area contributed by atoms with Gasteiger partial charge < -0.3 is 9.47 Å². The smallest absolute Gasteiger partial charge is 0.340 e. The Balaban J connectivity index is 1.91. The maximum absolute atomic E-state index is 11.9. The second kappa shape index (κ2) is 7.15. The summed E-state index contributed by atoms with van der Waals surface area (Å²) >= 11 is 5.97. The molecule has 1 heterocycles. The lowest BCUT2D eigenvalue weighted by molar-refractivity contribution is 0.0601. The molecule has 4 nitrogen and oxygen atoms in total. The molecule has 1 aromatic heterocycles. The van der Waals surface area contributed by atoms with Gasteiger partial charge in [-0.3, -0.25) is 0 Å². The normalized spacial score (nSPS) is 10.2. The molecule has 0 spiro atoms. The Labute approximate surface area is 144 Å². The number of nitrogens with zero attached hydrogens (tertiary/aromatic N) is 1. The van der Waals surface area contributed by atoms with Crippen LogP contribution in [0.4, 0.5) is 0 Å². The van der Waals surface area contributed by atoms with E-state index in [-0.39, 0.29) is 0 Å². The quantitative estimate of drug-likeness (QED) is 0.497. The molecule has 3 aromatic rings. The van der Waals surface area contributed by atoms with Crippen molar-refractivity contribution in [2.24, 2.45) is 0 Å². The molecule has 0 saturated heterocycles. The highest BCUT2D eigenvalue weighted by molar-refractivity contribution is 6.29. The molecule has 3 rings (SSSR count). The summed E-state index contributed by atoms with van der Waals surface area (Å²) in [6.45, 7) is 0. The number of methoxy groups -OCH3 is 1. The average molecular weight is 340 g/mol. The minimum atomic E-state index is -0.459. The first-order valence-electron chi connectivity index (χ1n) is 7.25. The number of benzene rings is 2. The summed E-state index contributed by atoms with van der Waals surface area (Å²) in [5.74, 6) is 0.978. The van der Waals surface area contributed by atoms with Gasteiger partial charge in [-0.05, 0) is 48.5 Å². The minimum absolute atomic E-state index is 0.308. The number of pyridine rings is 1. The van der Waals surface area contributed by atoms with Crippen LogP contribution in [0.1, 0.15) is 10.4 Å². The summed E-state index contributed by atoms with van der Waals surface area (Å²) in [5.41, 5.74) is 1.58. The van der Waals surface area contributed by atoms with Gasteiger partial charge in [0.25, 0.3) is 0 Å². The van der Waals surface area contributed by atoms with Crippen molar-refractivity contribution in [1.29, 1.82) is 0 Å². The zero-order valence-electron chi connectivity index (χ0n) is 12.9. The first-order chi connectivity index (χ1) is 11.7. The summed E-state index contributed by atoms with van der Waals surface area (Å²) in [5, 5.41) is 0.308. The fraction of sp³-hybridized carbons (Fsp3) is 0.0526. The van der Waals surface area contributed by atoms with Gasteiger partial charge in [-0.25, -0.2) is 9.78 Å². The number of para-hydroxylation sites is 1. The van der Waals surface area contributed by atoms with Crippen molar-refractivity contribution in [2.45, 2.75) is 0 Å². The number of hydrogen-bond acceptors (Lipinski definition) is 4. The molecule has 0 aliphatic rings. The Morgan fingerprint density at radius 1 is 0.917 bits per heavy atom. The van der Waals surface area contributed by atoms with E-state index in [0.717, 1.165) is 11.3 Å². The summed E-state index contributed by atoms with van der Waals surface area (Å²) < 4.78 is 10.5. The van der Waals surface area contributed by atoms with Crippen molar-refractivity contribution >= 4 is 17.6 Å². The maximum atomic E-state index is 11.9. The first-order valence-corrected chi connectivity index (χ1v) is 7.63. The van der Waals surface area contributed by atoms with Gasteiger partial charge in [0.05, 0.1) is 18.4 Å². The molecule has 0 fully saturated rings. The minimum Gasteiger partial charge on any atom is -0.465 e. The Bertz CT molecular complexity index is 848. The van der Waals surface area contributed by atoms with E-state index in [2.05, 4.69) is 4.98 Å². The molecular formula is C19H14ClNO3. The lowest BCUT2D eigenvalue weighted by Gasteiger charge is -2.09. The van der Waals surface area contributed by atoms with Gasteiger partial charge in [-0.2, -0.15) is 0 Å². The van der Waals surface area contributed by atoms with E-state index in [9.17, 15) is 4.79 Å². The Hall–Kier alpha value is -2.85. The van der Waals surface area contributed by atoms with Gasteiger partial charge in [-0.1, -0.05) is 29.8 Å². The lowest BCUT2D eigenvalue weighted by atomic mass is 10.1. The molecule has 0 N–H and O–H groups in total. The molecule has 0 aliphatic heterocycles. The zero-order valence-corrected chi connectivity index (χ0v) is 13.7.